The number of halogens is 2. The lowest BCUT2D eigenvalue weighted by Gasteiger charge is -2.13. The standard InChI is InChI=1S/C11H12F2N2O3/c1-2-3-7(11(17)18)15-10(16)6-4-5-14-9(13)8(6)12/h4-5,7H,2-3H2,1H3,(H,15,16)(H,17,18)/t7-/m1/s1. The summed E-state index contributed by atoms with van der Waals surface area (Å²) in [4.78, 5) is 25.4. The zero-order valence-corrected chi connectivity index (χ0v) is 9.61. The van der Waals surface area contributed by atoms with Crippen molar-refractivity contribution >= 4 is 11.9 Å². The highest BCUT2D eigenvalue weighted by atomic mass is 19.2. The zero-order valence-electron chi connectivity index (χ0n) is 9.61. The van der Waals surface area contributed by atoms with Gasteiger partial charge in [0.1, 0.15) is 6.04 Å². The molecule has 0 fully saturated rings. The topological polar surface area (TPSA) is 79.3 Å². The molecule has 1 aromatic heterocycles. The Balaban J connectivity index is 2.87. The zero-order chi connectivity index (χ0) is 13.7. The van der Waals surface area contributed by atoms with Gasteiger partial charge < -0.3 is 10.4 Å². The van der Waals surface area contributed by atoms with E-state index in [2.05, 4.69) is 10.3 Å². The van der Waals surface area contributed by atoms with E-state index in [-0.39, 0.29) is 6.42 Å². The van der Waals surface area contributed by atoms with Crippen molar-refractivity contribution in [2.75, 3.05) is 0 Å². The van der Waals surface area contributed by atoms with Gasteiger partial charge in [0, 0.05) is 6.20 Å². The Morgan fingerprint density at radius 3 is 2.72 bits per heavy atom. The largest absolute Gasteiger partial charge is 0.480 e. The number of pyridine rings is 1. The maximum atomic E-state index is 13.2. The average Bonchev–Trinajstić information content (AvgIpc) is 2.31. The van der Waals surface area contributed by atoms with E-state index < -0.39 is 35.2 Å². The van der Waals surface area contributed by atoms with Gasteiger partial charge in [0.2, 0.25) is 5.95 Å². The van der Waals surface area contributed by atoms with E-state index in [4.69, 9.17) is 5.11 Å². The summed E-state index contributed by atoms with van der Waals surface area (Å²) in [6, 6.07) is -0.142. The first-order valence-electron chi connectivity index (χ1n) is 5.31. The summed E-state index contributed by atoms with van der Waals surface area (Å²) >= 11 is 0. The molecular weight excluding hydrogens is 246 g/mol. The minimum atomic E-state index is -1.40. The molecule has 1 heterocycles. The van der Waals surface area contributed by atoms with E-state index in [9.17, 15) is 18.4 Å². The Kier molecular flexibility index (Phi) is 4.70. The van der Waals surface area contributed by atoms with Crippen LogP contribution >= 0.6 is 0 Å². The number of amides is 1. The lowest BCUT2D eigenvalue weighted by molar-refractivity contribution is -0.139. The van der Waals surface area contributed by atoms with Crippen LogP contribution in [-0.2, 0) is 4.79 Å². The quantitative estimate of drug-likeness (QED) is 0.781. The number of hydrogen-bond acceptors (Lipinski definition) is 3. The summed E-state index contributed by atoms with van der Waals surface area (Å²) < 4.78 is 26.0. The molecule has 2 N–H and O–H groups in total. The second kappa shape index (κ2) is 6.04. The summed E-state index contributed by atoms with van der Waals surface area (Å²) in [5.74, 6) is -4.99. The fraction of sp³-hybridized carbons (Fsp3) is 0.364. The molecule has 1 amide bonds. The highest BCUT2D eigenvalue weighted by Crippen LogP contribution is 2.09. The van der Waals surface area contributed by atoms with Crippen LogP contribution in [0.3, 0.4) is 0 Å². The number of carbonyl (C=O) groups excluding carboxylic acids is 1. The van der Waals surface area contributed by atoms with Crippen LogP contribution < -0.4 is 5.32 Å². The molecule has 18 heavy (non-hydrogen) atoms. The van der Waals surface area contributed by atoms with Crippen LogP contribution in [0.15, 0.2) is 12.3 Å². The number of carboxylic acid groups (broad SMARTS) is 1. The second-order valence-electron chi connectivity index (χ2n) is 3.62. The first kappa shape index (κ1) is 14.0. The van der Waals surface area contributed by atoms with Gasteiger partial charge in [-0.1, -0.05) is 13.3 Å². The van der Waals surface area contributed by atoms with Gasteiger partial charge in [-0.15, -0.1) is 0 Å². The fourth-order valence-corrected chi connectivity index (χ4v) is 1.38. The molecular formula is C11H12F2N2O3. The van der Waals surface area contributed by atoms with Crippen LogP contribution in [0.25, 0.3) is 0 Å². The van der Waals surface area contributed by atoms with Crippen molar-refractivity contribution in [2.24, 2.45) is 0 Å². The number of aromatic nitrogens is 1. The number of carboxylic acids is 1. The Labute approximate surface area is 102 Å². The Morgan fingerprint density at radius 2 is 2.17 bits per heavy atom. The van der Waals surface area contributed by atoms with Gasteiger partial charge in [-0.25, -0.2) is 14.2 Å². The smallest absolute Gasteiger partial charge is 0.326 e. The molecule has 0 saturated carbocycles. The van der Waals surface area contributed by atoms with E-state index in [1.165, 1.54) is 0 Å². The molecule has 1 aromatic rings. The summed E-state index contributed by atoms with van der Waals surface area (Å²) in [6.07, 6.45) is 1.67. The number of nitrogens with one attached hydrogen (secondary N) is 1. The third-order valence-electron chi connectivity index (χ3n) is 2.27. The molecule has 0 radical (unpaired) electrons. The van der Waals surface area contributed by atoms with Gasteiger partial charge in [0.15, 0.2) is 5.82 Å². The third-order valence-corrected chi connectivity index (χ3v) is 2.27. The molecule has 5 nitrogen and oxygen atoms in total. The lowest BCUT2D eigenvalue weighted by atomic mass is 10.1. The minimum absolute atomic E-state index is 0.205. The lowest BCUT2D eigenvalue weighted by Crippen LogP contribution is -2.41. The first-order chi connectivity index (χ1) is 8.47. The molecule has 7 heteroatoms. The SMILES string of the molecule is CCC[C@@H](NC(=O)c1ccnc(F)c1F)C(=O)O. The Hall–Kier alpha value is -2.05. The van der Waals surface area contributed by atoms with Crippen molar-refractivity contribution in [2.45, 2.75) is 25.8 Å². The predicted molar refractivity (Wildman–Crippen MR) is 58.0 cm³/mol. The second-order valence-corrected chi connectivity index (χ2v) is 3.62. The van der Waals surface area contributed by atoms with Crippen molar-refractivity contribution in [1.82, 2.24) is 10.3 Å². The van der Waals surface area contributed by atoms with Crippen LogP contribution in [0.4, 0.5) is 8.78 Å². The summed E-state index contributed by atoms with van der Waals surface area (Å²) in [6.45, 7) is 1.74. The average molecular weight is 258 g/mol. The van der Waals surface area contributed by atoms with Gasteiger partial charge in [-0.3, -0.25) is 4.79 Å². The van der Waals surface area contributed by atoms with Crippen LogP contribution in [0.5, 0.6) is 0 Å². The molecule has 0 aliphatic carbocycles. The highest BCUT2D eigenvalue weighted by molar-refractivity contribution is 5.96. The molecule has 0 aliphatic heterocycles. The highest BCUT2D eigenvalue weighted by Gasteiger charge is 2.22. The fourth-order valence-electron chi connectivity index (χ4n) is 1.38. The minimum Gasteiger partial charge on any atom is -0.480 e. The molecule has 1 rings (SSSR count). The van der Waals surface area contributed by atoms with E-state index in [0.29, 0.717) is 6.42 Å². The van der Waals surface area contributed by atoms with E-state index in [1.54, 1.807) is 6.92 Å². The van der Waals surface area contributed by atoms with Gasteiger partial charge in [-0.05, 0) is 12.5 Å². The molecule has 0 bridgehead atoms. The predicted octanol–water partition coefficient (Wildman–Crippen LogP) is 1.34. The summed E-state index contributed by atoms with van der Waals surface area (Å²) in [5.41, 5.74) is -0.565. The molecule has 0 saturated heterocycles. The van der Waals surface area contributed by atoms with E-state index in [1.807, 2.05) is 0 Å². The molecule has 0 aliphatic rings. The molecule has 0 aromatic carbocycles. The van der Waals surface area contributed by atoms with Crippen molar-refractivity contribution in [3.05, 3.63) is 29.6 Å². The molecule has 1 atom stereocenters. The maximum absolute atomic E-state index is 13.2. The number of aliphatic carboxylic acids is 1. The van der Waals surface area contributed by atoms with Crippen LogP contribution in [0.2, 0.25) is 0 Å². The van der Waals surface area contributed by atoms with Crippen LogP contribution in [-0.4, -0.2) is 28.0 Å². The Morgan fingerprint density at radius 1 is 1.50 bits per heavy atom. The van der Waals surface area contributed by atoms with Crippen molar-refractivity contribution in [3.8, 4) is 0 Å². The van der Waals surface area contributed by atoms with Gasteiger partial charge >= 0.3 is 5.97 Å². The van der Waals surface area contributed by atoms with Gasteiger partial charge in [0.05, 0.1) is 5.56 Å². The summed E-state index contributed by atoms with van der Waals surface area (Å²) in [7, 11) is 0. The van der Waals surface area contributed by atoms with Gasteiger partial charge in [-0.2, -0.15) is 4.39 Å². The van der Waals surface area contributed by atoms with Crippen molar-refractivity contribution in [1.29, 1.82) is 0 Å². The first-order valence-corrected chi connectivity index (χ1v) is 5.31. The third kappa shape index (κ3) is 3.22. The van der Waals surface area contributed by atoms with Crippen LogP contribution in [0.1, 0.15) is 30.1 Å². The van der Waals surface area contributed by atoms with Crippen molar-refractivity contribution < 1.29 is 23.5 Å². The monoisotopic (exact) mass is 258 g/mol. The van der Waals surface area contributed by atoms with Crippen molar-refractivity contribution in [3.63, 3.8) is 0 Å². The molecule has 0 spiro atoms. The Bertz CT molecular complexity index is 466. The summed E-state index contributed by atoms with van der Waals surface area (Å²) in [5, 5.41) is 11.0. The number of nitrogens with zero attached hydrogens (tertiary/aromatic N) is 1. The molecule has 0 unspecified atom stereocenters. The van der Waals surface area contributed by atoms with Gasteiger partial charge in [0.25, 0.3) is 5.91 Å². The molecule has 98 valence electrons. The number of hydrogen-bond donors (Lipinski definition) is 2. The van der Waals surface area contributed by atoms with E-state index >= 15 is 0 Å². The maximum Gasteiger partial charge on any atom is 0.326 e. The number of rotatable bonds is 5. The normalized spacial score (nSPS) is 11.9. The number of carbonyl (C=O) groups is 2. The van der Waals surface area contributed by atoms with Crippen LogP contribution in [0, 0.1) is 11.8 Å². The van der Waals surface area contributed by atoms with E-state index in [0.717, 1.165) is 12.3 Å².